The Kier molecular flexibility index (Phi) is 6.03. The number of carbonyl (C=O) groups is 2. The first-order valence-electron chi connectivity index (χ1n) is 9.19. The Balaban J connectivity index is 1.71. The minimum atomic E-state index is -0.532. The highest BCUT2D eigenvalue weighted by atomic mass is 16.5. The van der Waals surface area contributed by atoms with Crippen molar-refractivity contribution in [3.63, 3.8) is 0 Å². The minimum Gasteiger partial charge on any atom is -0.497 e. The zero-order chi connectivity index (χ0) is 20.1. The van der Waals surface area contributed by atoms with Crippen molar-refractivity contribution in [3.05, 3.63) is 48.0 Å². The Morgan fingerprint density at radius 2 is 1.82 bits per heavy atom. The molecule has 1 aliphatic heterocycles. The van der Waals surface area contributed by atoms with Gasteiger partial charge < -0.3 is 25.0 Å². The van der Waals surface area contributed by atoms with Gasteiger partial charge in [-0.25, -0.2) is 4.79 Å². The molecule has 7 nitrogen and oxygen atoms in total. The van der Waals surface area contributed by atoms with Gasteiger partial charge in [-0.2, -0.15) is 0 Å². The zero-order valence-corrected chi connectivity index (χ0v) is 16.3. The lowest BCUT2D eigenvalue weighted by molar-refractivity contribution is -0.119. The first kappa shape index (κ1) is 19.5. The number of nitrogens with zero attached hydrogens (tertiary/aromatic N) is 1. The molecule has 1 atom stereocenters. The number of likely N-dealkylation sites (tertiary alicyclic amines) is 1. The summed E-state index contributed by atoms with van der Waals surface area (Å²) in [5, 5.41) is 5.78. The van der Waals surface area contributed by atoms with Gasteiger partial charge in [0.2, 0.25) is 5.91 Å². The Hall–Kier alpha value is -3.22. The van der Waals surface area contributed by atoms with Crippen LogP contribution < -0.4 is 20.1 Å². The summed E-state index contributed by atoms with van der Waals surface area (Å²) in [7, 11) is 3.10. The van der Waals surface area contributed by atoms with E-state index in [4.69, 9.17) is 9.47 Å². The summed E-state index contributed by atoms with van der Waals surface area (Å²) in [6.45, 7) is 2.47. The van der Waals surface area contributed by atoms with Crippen molar-refractivity contribution >= 4 is 23.3 Å². The topological polar surface area (TPSA) is 79.9 Å². The van der Waals surface area contributed by atoms with Crippen LogP contribution in [0, 0.1) is 6.92 Å². The summed E-state index contributed by atoms with van der Waals surface area (Å²) >= 11 is 0. The van der Waals surface area contributed by atoms with Crippen LogP contribution in [0.25, 0.3) is 0 Å². The summed E-state index contributed by atoms with van der Waals surface area (Å²) in [4.78, 5) is 27.2. The van der Waals surface area contributed by atoms with Crippen LogP contribution in [0.2, 0.25) is 0 Å². The van der Waals surface area contributed by atoms with E-state index in [1.165, 1.54) is 7.11 Å². The van der Waals surface area contributed by atoms with Crippen LogP contribution in [0.4, 0.5) is 16.2 Å². The average Bonchev–Trinajstić information content (AvgIpc) is 3.20. The molecule has 2 aromatic rings. The lowest BCUT2D eigenvalue weighted by atomic mass is 10.2. The maximum Gasteiger partial charge on any atom is 0.322 e. The first-order valence-corrected chi connectivity index (χ1v) is 9.19. The lowest BCUT2D eigenvalue weighted by Gasteiger charge is -2.25. The van der Waals surface area contributed by atoms with Gasteiger partial charge in [-0.1, -0.05) is 18.2 Å². The zero-order valence-electron chi connectivity index (χ0n) is 16.3. The number of hydrogen-bond acceptors (Lipinski definition) is 4. The largest absolute Gasteiger partial charge is 0.497 e. The molecule has 1 heterocycles. The van der Waals surface area contributed by atoms with Crippen molar-refractivity contribution in [2.24, 2.45) is 0 Å². The predicted octanol–water partition coefficient (Wildman–Crippen LogP) is 3.65. The molecular formula is C21H25N3O4. The number of para-hydroxylation sites is 1. The van der Waals surface area contributed by atoms with Crippen molar-refractivity contribution in [2.45, 2.75) is 25.8 Å². The predicted molar refractivity (Wildman–Crippen MR) is 108 cm³/mol. The van der Waals surface area contributed by atoms with Gasteiger partial charge in [-0.15, -0.1) is 0 Å². The number of hydrogen-bond donors (Lipinski definition) is 2. The highest BCUT2D eigenvalue weighted by Gasteiger charge is 2.34. The fourth-order valence-electron chi connectivity index (χ4n) is 3.30. The maximum absolute atomic E-state index is 12.9. The highest BCUT2D eigenvalue weighted by molar-refractivity contribution is 6.00. The molecule has 2 aromatic carbocycles. The van der Waals surface area contributed by atoms with E-state index in [0.717, 1.165) is 17.7 Å². The van der Waals surface area contributed by atoms with Crippen LogP contribution in [-0.4, -0.2) is 43.6 Å². The lowest BCUT2D eigenvalue weighted by Crippen LogP contribution is -2.45. The first-order chi connectivity index (χ1) is 13.5. The van der Waals surface area contributed by atoms with Crippen LogP contribution in [0.1, 0.15) is 18.4 Å². The summed E-state index contributed by atoms with van der Waals surface area (Å²) in [6.07, 6.45) is 1.39. The molecule has 148 valence electrons. The molecule has 1 saturated heterocycles. The summed E-state index contributed by atoms with van der Waals surface area (Å²) in [5.74, 6) is 0.900. The van der Waals surface area contributed by atoms with Crippen molar-refractivity contribution in [2.75, 3.05) is 31.4 Å². The second-order valence-corrected chi connectivity index (χ2v) is 6.65. The quantitative estimate of drug-likeness (QED) is 0.826. The average molecular weight is 383 g/mol. The number of nitrogens with one attached hydrogen (secondary N) is 2. The number of anilines is 2. The molecule has 1 fully saturated rings. The van der Waals surface area contributed by atoms with Crippen molar-refractivity contribution in [1.82, 2.24) is 4.90 Å². The van der Waals surface area contributed by atoms with Crippen LogP contribution >= 0.6 is 0 Å². The molecule has 28 heavy (non-hydrogen) atoms. The van der Waals surface area contributed by atoms with E-state index in [0.29, 0.717) is 30.2 Å². The molecule has 0 radical (unpaired) electrons. The molecule has 7 heteroatoms. The van der Waals surface area contributed by atoms with Gasteiger partial charge in [-0.3, -0.25) is 4.79 Å². The van der Waals surface area contributed by atoms with Gasteiger partial charge >= 0.3 is 6.03 Å². The maximum atomic E-state index is 12.9. The normalized spacial score (nSPS) is 15.8. The standard InChI is InChI=1S/C21H25N3O4/c1-14-7-4-5-8-16(14)23-21(26)24-12-6-9-18(24)20(25)22-17-11-10-15(27-2)13-19(17)28-3/h4-5,7-8,10-11,13,18H,6,9,12H2,1-3H3,(H,22,25)(H,23,26)/t18-/m1/s1. The highest BCUT2D eigenvalue weighted by Crippen LogP contribution is 2.30. The third-order valence-electron chi connectivity index (χ3n) is 4.87. The number of aryl methyl sites for hydroxylation is 1. The number of carbonyl (C=O) groups excluding carboxylic acids is 2. The smallest absolute Gasteiger partial charge is 0.322 e. The molecule has 0 unspecified atom stereocenters. The van der Waals surface area contributed by atoms with E-state index in [1.54, 1.807) is 30.2 Å². The number of ether oxygens (including phenoxy) is 2. The monoisotopic (exact) mass is 383 g/mol. The Morgan fingerprint density at radius 3 is 2.54 bits per heavy atom. The third-order valence-corrected chi connectivity index (χ3v) is 4.87. The molecule has 2 N–H and O–H groups in total. The summed E-state index contributed by atoms with van der Waals surface area (Å²) in [5.41, 5.74) is 2.26. The van der Waals surface area contributed by atoms with E-state index < -0.39 is 6.04 Å². The second kappa shape index (κ2) is 8.65. The summed E-state index contributed by atoms with van der Waals surface area (Å²) < 4.78 is 10.5. The molecule has 3 amide bonds. The van der Waals surface area contributed by atoms with Gasteiger partial charge in [0.1, 0.15) is 17.5 Å². The van der Waals surface area contributed by atoms with Gasteiger partial charge in [0.05, 0.1) is 19.9 Å². The van der Waals surface area contributed by atoms with Gasteiger partial charge in [-0.05, 0) is 43.5 Å². The van der Waals surface area contributed by atoms with Crippen molar-refractivity contribution < 1.29 is 19.1 Å². The SMILES string of the molecule is COc1ccc(NC(=O)[C@H]2CCCN2C(=O)Nc2ccccc2C)c(OC)c1. The summed E-state index contributed by atoms with van der Waals surface area (Å²) in [6, 6.07) is 11.9. The molecule has 3 rings (SSSR count). The van der Waals surface area contributed by atoms with E-state index in [1.807, 2.05) is 31.2 Å². The molecule has 0 spiro atoms. The van der Waals surface area contributed by atoms with E-state index in [9.17, 15) is 9.59 Å². The van der Waals surface area contributed by atoms with Crippen LogP contribution in [-0.2, 0) is 4.79 Å². The van der Waals surface area contributed by atoms with Crippen molar-refractivity contribution in [1.29, 1.82) is 0 Å². The van der Waals surface area contributed by atoms with Crippen LogP contribution in [0.3, 0.4) is 0 Å². The second-order valence-electron chi connectivity index (χ2n) is 6.65. The molecule has 0 saturated carbocycles. The Labute approximate surface area is 164 Å². The van der Waals surface area contributed by atoms with Gasteiger partial charge in [0.15, 0.2) is 0 Å². The van der Waals surface area contributed by atoms with E-state index in [-0.39, 0.29) is 11.9 Å². The van der Waals surface area contributed by atoms with E-state index >= 15 is 0 Å². The minimum absolute atomic E-state index is 0.235. The van der Waals surface area contributed by atoms with Gasteiger partial charge in [0.25, 0.3) is 0 Å². The Morgan fingerprint density at radius 1 is 1.04 bits per heavy atom. The number of amides is 3. The van der Waals surface area contributed by atoms with Gasteiger partial charge in [0, 0.05) is 18.3 Å². The Bertz CT molecular complexity index is 868. The molecule has 0 aromatic heterocycles. The number of rotatable bonds is 5. The number of urea groups is 1. The van der Waals surface area contributed by atoms with Crippen molar-refractivity contribution in [3.8, 4) is 11.5 Å². The molecule has 0 aliphatic carbocycles. The fourth-order valence-corrected chi connectivity index (χ4v) is 3.30. The molecular weight excluding hydrogens is 358 g/mol. The number of methoxy groups -OCH3 is 2. The van der Waals surface area contributed by atoms with Crippen LogP contribution in [0.15, 0.2) is 42.5 Å². The fraction of sp³-hybridized carbons (Fsp3) is 0.333. The van der Waals surface area contributed by atoms with E-state index in [2.05, 4.69) is 10.6 Å². The van der Waals surface area contributed by atoms with Crippen LogP contribution in [0.5, 0.6) is 11.5 Å². The third kappa shape index (κ3) is 4.19. The molecule has 0 bridgehead atoms. The number of benzene rings is 2. The molecule has 1 aliphatic rings.